The van der Waals surface area contributed by atoms with E-state index in [1.807, 2.05) is 0 Å². The van der Waals surface area contributed by atoms with Crippen molar-refractivity contribution < 1.29 is 4.74 Å². The van der Waals surface area contributed by atoms with Crippen LogP contribution in [-0.2, 0) is 6.42 Å². The molecule has 0 saturated carbocycles. The van der Waals surface area contributed by atoms with Crippen molar-refractivity contribution in [1.82, 2.24) is 10.2 Å². The molecule has 20 heavy (non-hydrogen) atoms. The lowest BCUT2D eigenvalue weighted by atomic mass is 10.1. The maximum absolute atomic E-state index is 5.19. The highest BCUT2D eigenvalue weighted by molar-refractivity contribution is 5.27. The summed E-state index contributed by atoms with van der Waals surface area (Å²) in [5, 5.41) is 3.54. The van der Waals surface area contributed by atoms with Crippen LogP contribution in [0.2, 0.25) is 0 Å². The molecule has 0 spiro atoms. The Balaban J connectivity index is 1.67. The van der Waals surface area contributed by atoms with E-state index in [4.69, 9.17) is 4.74 Å². The van der Waals surface area contributed by atoms with Crippen molar-refractivity contribution in [3.63, 3.8) is 0 Å². The van der Waals surface area contributed by atoms with Gasteiger partial charge < -0.3 is 15.0 Å². The van der Waals surface area contributed by atoms with E-state index in [1.165, 1.54) is 44.6 Å². The van der Waals surface area contributed by atoms with Crippen molar-refractivity contribution >= 4 is 0 Å². The van der Waals surface area contributed by atoms with Gasteiger partial charge in [0.1, 0.15) is 5.75 Å². The first-order chi connectivity index (χ1) is 9.81. The van der Waals surface area contributed by atoms with Crippen LogP contribution in [0.3, 0.4) is 0 Å². The third-order valence-corrected chi connectivity index (χ3v) is 4.11. The molecule has 1 aliphatic rings. The van der Waals surface area contributed by atoms with Crippen molar-refractivity contribution in [2.45, 2.75) is 26.2 Å². The second kappa shape index (κ2) is 8.28. The van der Waals surface area contributed by atoms with Crippen LogP contribution in [0.25, 0.3) is 0 Å². The van der Waals surface area contributed by atoms with Gasteiger partial charge in [0.2, 0.25) is 0 Å². The summed E-state index contributed by atoms with van der Waals surface area (Å²) in [4.78, 5) is 2.60. The van der Waals surface area contributed by atoms with E-state index in [9.17, 15) is 0 Å². The standard InChI is InChI=1S/C17H28N2O/c1-3-10-18-13-16-9-12-19(14-16)11-8-15-4-6-17(20-2)7-5-15/h4-7,16,18H,3,8-14H2,1-2H3. The average molecular weight is 276 g/mol. The summed E-state index contributed by atoms with van der Waals surface area (Å²) in [7, 11) is 1.71. The summed E-state index contributed by atoms with van der Waals surface area (Å²) >= 11 is 0. The molecule has 0 radical (unpaired) electrons. The van der Waals surface area contributed by atoms with E-state index >= 15 is 0 Å². The van der Waals surface area contributed by atoms with Gasteiger partial charge in [-0.05, 0) is 62.5 Å². The van der Waals surface area contributed by atoms with Crippen molar-refractivity contribution in [3.05, 3.63) is 29.8 Å². The molecule has 1 aromatic rings. The van der Waals surface area contributed by atoms with E-state index in [-0.39, 0.29) is 0 Å². The van der Waals surface area contributed by atoms with Gasteiger partial charge in [-0.15, -0.1) is 0 Å². The summed E-state index contributed by atoms with van der Waals surface area (Å²) in [6.07, 6.45) is 3.71. The summed E-state index contributed by atoms with van der Waals surface area (Å²) < 4.78 is 5.19. The third-order valence-electron chi connectivity index (χ3n) is 4.11. The van der Waals surface area contributed by atoms with Crippen molar-refractivity contribution in [1.29, 1.82) is 0 Å². The van der Waals surface area contributed by atoms with Crippen molar-refractivity contribution in [3.8, 4) is 5.75 Å². The lowest BCUT2D eigenvalue weighted by Gasteiger charge is -2.16. The lowest BCUT2D eigenvalue weighted by Crippen LogP contribution is -2.28. The molecular weight excluding hydrogens is 248 g/mol. The van der Waals surface area contributed by atoms with Gasteiger partial charge >= 0.3 is 0 Å². The van der Waals surface area contributed by atoms with Crippen LogP contribution in [0.1, 0.15) is 25.3 Å². The van der Waals surface area contributed by atoms with Gasteiger partial charge in [0, 0.05) is 13.1 Å². The molecule has 1 saturated heterocycles. The molecule has 112 valence electrons. The minimum Gasteiger partial charge on any atom is -0.497 e. The Morgan fingerprint density at radius 2 is 2.10 bits per heavy atom. The fourth-order valence-electron chi connectivity index (χ4n) is 2.84. The van der Waals surface area contributed by atoms with Gasteiger partial charge in [0.15, 0.2) is 0 Å². The van der Waals surface area contributed by atoms with Crippen LogP contribution in [0.4, 0.5) is 0 Å². The molecule has 0 aliphatic carbocycles. The maximum atomic E-state index is 5.19. The summed E-state index contributed by atoms with van der Waals surface area (Å²) in [5.74, 6) is 1.79. The zero-order chi connectivity index (χ0) is 14.2. The van der Waals surface area contributed by atoms with Gasteiger partial charge in [-0.25, -0.2) is 0 Å². The molecular formula is C17H28N2O. The average Bonchev–Trinajstić information content (AvgIpc) is 2.94. The van der Waals surface area contributed by atoms with Gasteiger partial charge in [-0.3, -0.25) is 0 Å². The molecule has 1 heterocycles. The Labute approximate surface area is 123 Å². The Morgan fingerprint density at radius 3 is 2.80 bits per heavy atom. The first-order valence-electron chi connectivity index (χ1n) is 7.87. The van der Waals surface area contributed by atoms with Crippen LogP contribution in [0, 0.1) is 5.92 Å². The first-order valence-corrected chi connectivity index (χ1v) is 7.87. The molecule has 1 atom stereocenters. The van der Waals surface area contributed by atoms with Crippen LogP contribution >= 0.6 is 0 Å². The summed E-state index contributed by atoms with van der Waals surface area (Å²) in [6, 6.07) is 8.46. The molecule has 0 amide bonds. The SMILES string of the molecule is CCCNCC1CCN(CCc2ccc(OC)cc2)C1. The predicted molar refractivity (Wildman–Crippen MR) is 84.4 cm³/mol. The van der Waals surface area contributed by atoms with E-state index in [2.05, 4.69) is 41.4 Å². The molecule has 0 bridgehead atoms. The fraction of sp³-hybridized carbons (Fsp3) is 0.647. The Kier molecular flexibility index (Phi) is 6.34. The van der Waals surface area contributed by atoms with Crippen LogP contribution in [-0.4, -0.2) is 44.7 Å². The molecule has 1 aromatic carbocycles. The molecule has 1 unspecified atom stereocenters. The molecule has 1 N–H and O–H groups in total. The highest BCUT2D eigenvalue weighted by Gasteiger charge is 2.21. The minimum absolute atomic E-state index is 0.845. The summed E-state index contributed by atoms with van der Waals surface area (Å²) in [5.41, 5.74) is 1.40. The molecule has 0 aromatic heterocycles. The number of methoxy groups -OCH3 is 1. The third kappa shape index (κ3) is 4.80. The van der Waals surface area contributed by atoms with E-state index in [0.29, 0.717) is 0 Å². The zero-order valence-corrected chi connectivity index (χ0v) is 12.9. The number of hydrogen-bond acceptors (Lipinski definition) is 3. The largest absolute Gasteiger partial charge is 0.497 e. The topological polar surface area (TPSA) is 24.5 Å². The second-order valence-corrected chi connectivity index (χ2v) is 5.76. The molecule has 3 nitrogen and oxygen atoms in total. The monoisotopic (exact) mass is 276 g/mol. The molecule has 1 fully saturated rings. The normalized spacial score (nSPS) is 19.4. The number of ether oxygens (including phenoxy) is 1. The minimum atomic E-state index is 0.845. The number of benzene rings is 1. The fourth-order valence-corrected chi connectivity index (χ4v) is 2.84. The Hall–Kier alpha value is -1.06. The van der Waals surface area contributed by atoms with Crippen LogP contribution < -0.4 is 10.1 Å². The molecule has 3 heteroatoms. The number of nitrogens with one attached hydrogen (secondary N) is 1. The number of hydrogen-bond donors (Lipinski definition) is 1. The van der Waals surface area contributed by atoms with Crippen molar-refractivity contribution in [2.75, 3.05) is 39.8 Å². The number of rotatable bonds is 8. The van der Waals surface area contributed by atoms with Gasteiger partial charge in [0.25, 0.3) is 0 Å². The molecule has 2 rings (SSSR count). The highest BCUT2D eigenvalue weighted by Crippen LogP contribution is 2.17. The summed E-state index contributed by atoms with van der Waals surface area (Å²) in [6.45, 7) is 8.26. The van der Waals surface area contributed by atoms with Crippen LogP contribution in [0.5, 0.6) is 5.75 Å². The number of likely N-dealkylation sites (tertiary alicyclic amines) is 1. The Morgan fingerprint density at radius 1 is 1.30 bits per heavy atom. The zero-order valence-electron chi connectivity index (χ0n) is 12.9. The van der Waals surface area contributed by atoms with E-state index in [0.717, 1.165) is 24.6 Å². The number of nitrogens with zero attached hydrogens (tertiary/aromatic N) is 1. The van der Waals surface area contributed by atoms with E-state index in [1.54, 1.807) is 7.11 Å². The van der Waals surface area contributed by atoms with Crippen LogP contribution in [0.15, 0.2) is 24.3 Å². The lowest BCUT2D eigenvalue weighted by molar-refractivity contribution is 0.325. The van der Waals surface area contributed by atoms with Gasteiger partial charge in [-0.1, -0.05) is 19.1 Å². The predicted octanol–water partition coefficient (Wildman–Crippen LogP) is 2.56. The molecule has 1 aliphatic heterocycles. The van der Waals surface area contributed by atoms with Gasteiger partial charge in [0.05, 0.1) is 7.11 Å². The Bertz CT molecular complexity index is 377. The van der Waals surface area contributed by atoms with Crippen molar-refractivity contribution in [2.24, 2.45) is 5.92 Å². The second-order valence-electron chi connectivity index (χ2n) is 5.76. The first kappa shape index (κ1) is 15.3. The highest BCUT2D eigenvalue weighted by atomic mass is 16.5. The smallest absolute Gasteiger partial charge is 0.118 e. The quantitative estimate of drug-likeness (QED) is 0.739. The maximum Gasteiger partial charge on any atom is 0.118 e. The van der Waals surface area contributed by atoms with E-state index < -0.39 is 0 Å². The van der Waals surface area contributed by atoms with Gasteiger partial charge in [-0.2, -0.15) is 0 Å².